The molecule has 37 nitrogen and oxygen atoms in total. The van der Waals surface area contributed by atoms with Crippen LogP contribution in [0.25, 0.3) is 9.69 Å². The topological polar surface area (TPSA) is 506 Å². The minimum absolute atomic E-state index is 0.0213. The zero-order chi connectivity index (χ0) is 105. The number of imidazole rings is 3. The highest BCUT2D eigenvalue weighted by Crippen LogP contribution is 2.49. The number of ether oxygens (including phenoxy) is 3. The molecule has 3 aromatic heterocycles. The van der Waals surface area contributed by atoms with Crippen molar-refractivity contribution in [3.05, 3.63) is 321 Å². The van der Waals surface area contributed by atoms with E-state index in [-0.39, 0.29) is 62.1 Å². The van der Waals surface area contributed by atoms with E-state index in [1.54, 1.807) is 90.6 Å². The lowest BCUT2D eigenvalue weighted by Crippen LogP contribution is -2.55. The Morgan fingerprint density at radius 3 is 1.30 bits per heavy atom. The predicted octanol–water partition coefficient (Wildman–Crippen LogP) is 19.0. The molecule has 2 aliphatic heterocycles. The number of methoxy groups -OCH3 is 1. The van der Waals surface area contributed by atoms with Gasteiger partial charge in [-0.15, -0.1) is 0 Å². The van der Waals surface area contributed by atoms with Crippen LogP contribution in [0.15, 0.2) is 206 Å². The molecular formula is C102H126F3N21O16S. The normalized spacial score (nSPS) is 13.3. The molecule has 7 aromatic carbocycles. The molecule has 4 aliphatic rings. The number of anilines is 3. The number of halogens is 3. The number of rotatable bonds is 34. The molecule has 11 N–H and O–H groups in total. The third kappa shape index (κ3) is 37.9. The van der Waals surface area contributed by atoms with E-state index in [0.717, 1.165) is 191 Å². The van der Waals surface area contributed by atoms with Crippen LogP contribution >= 0.6 is 12.2 Å². The summed E-state index contributed by atoms with van der Waals surface area (Å²) in [5.41, 5.74) is 24.3. The van der Waals surface area contributed by atoms with Crippen molar-refractivity contribution in [2.75, 3.05) is 61.5 Å². The van der Waals surface area contributed by atoms with Crippen LogP contribution in [0, 0.1) is 53.6 Å². The van der Waals surface area contributed by atoms with Crippen LogP contribution in [0.1, 0.15) is 194 Å². The Labute approximate surface area is 834 Å². The number of non-ortho nitro benzene ring substituents is 4. The summed E-state index contributed by atoms with van der Waals surface area (Å²) < 4.78 is 58.9. The lowest BCUT2D eigenvalue weighted by Gasteiger charge is -2.43. The number of amides is 1. The number of carbonyl (C=O) groups is 5. The van der Waals surface area contributed by atoms with E-state index in [0.29, 0.717) is 83.4 Å². The highest BCUT2D eigenvalue weighted by Gasteiger charge is 2.60. The largest absolute Gasteiger partial charge is 0.469 e. The number of alkyl halides is 3. The van der Waals surface area contributed by atoms with Gasteiger partial charge >= 0.3 is 30.0 Å². The second-order valence-electron chi connectivity index (χ2n) is 35.4. The van der Waals surface area contributed by atoms with Crippen LogP contribution < -0.4 is 43.4 Å². The van der Waals surface area contributed by atoms with Gasteiger partial charge in [0.05, 0.1) is 51.3 Å². The molecule has 10 aromatic rings. The summed E-state index contributed by atoms with van der Waals surface area (Å²) in [6.07, 6.45) is 24.3. The molecule has 41 heteroatoms. The maximum Gasteiger partial charge on any atom is 0.419 e. The summed E-state index contributed by atoms with van der Waals surface area (Å²) in [5, 5.41) is 48.6. The molecule has 0 bridgehead atoms. The lowest BCUT2D eigenvalue weighted by molar-refractivity contribution is -0.385. The molecule has 0 radical (unpaired) electrons. The molecule has 3 fully saturated rings. The first kappa shape index (κ1) is 115. The smallest absolute Gasteiger partial charge is 0.419 e. The van der Waals surface area contributed by atoms with Gasteiger partial charge in [-0.1, -0.05) is 78.9 Å². The Hall–Kier alpha value is -14.9. The number of hydrogen-bond acceptors (Lipinski definition) is 27. The molecule has 1 spiro atoms. The highest BCUT2D eigenvalue weighted by atomic mass is 32.1. The van der Waals surface area contributed by atoms with Crippen LogP contribution in [0.5, 0.6) is 0 Å². The van der Waals surface area contributed by atoms with Crippen molar-refractivity contribution < 1.29 is 71.0 Å². The number of nitrogens with one attached hydrogen (secondary N) is 3. The molecule has 5 heterocycles. The number of aldehydes is 1. The predicted molar refractivity (Wildman–Crippen MR) is 545 cm³/mol. The van der Waals surface area contributed by atoms with Crippen molar-refractivity contribution in [3.63, 3.8) is 0 Å². The molecule has 1 saturated heterocycles. The van der Waals surface area contributed by atoms with Gasteiger partial charge in [-0.3, -0.25) is 64.8 Å². The van der Waals surface area contributed by atoms with Gasteiger partial charge in [0, 0.05) is 187 Å². The number of aliphatic imine (C=N–C) groups is 1. The molecule has 0 atom stereocenters. The van der Waals surface area contributed by atoms with Crippen LogP contribution in [0.4, 0.5) is 68.3 Å². The summed E-state index contributed by atoms with van der Waals surface area (Å²) in [5.74, 6) is 2.83. The van der Waals surface area contributed by atoms with Crippen molar-refractivity contribution in [3.8, 4) is 0 Å². The van der Waals surface area contributed by atoms with E-state index in [9.17, 15) is 77.6 Å². The van der Waals surface area contributed by atoms with Crippen LogP contribution in [0.2, 0.25) is 0 Å². The Bertz CT molecular complexity index is 5870. The monoisotopic (exact) mass is 1990 g/mol. The molecule has 0 unspecified atom stereocenters. The fourth-order valence-electron chi connectivity index (χ4n) is 14.7. The lowest BCUT2D eigenvalue weighted by atomic mass is 9.75. The number of nitrogens with zero attached hydrogens (tertiary/aromatic N) is 14. The maximum absolute atomic E-state index is 13.6. The number of carbonyl (C=O) groups excluding carboxylic acids is 5. The van der Waals surface area contributed by atoms with E-state index in [2.05, 4.69) is 62.1 Å². The van der Waals surface area contributed by atoms with Crippen LogP contribution in [-0.4, -0.2) is 159 Å². The van der Waals surface area contributed by atoms with Gasteiger partial charge in [-0.25, -0.2) is 45.1 Å². The third-order valence-electron chi connectivity index (χ3n) is 22.4. The average molecular weight is 1990 g/mol. The van der Waals surface area contributed by atoms with Crippen molar-refractivity contribution in [2.45, 2.75) is 224 Å². The second kappa shape index (κ2) is 57.7. The number of unbranched alkanes of at least 4 members (excludes halogenated alkanes) is 1. The Morgan fingerprint density at radius 1 is 0.545 bits per heavy atom. The minimum atomic E-state index is -4.72. The SMILES string of the molecule is CC(C)(C)OC(=O)n1ccnc1CCCc1ccc([N+](=O)[O-])cc1.COC(=O)CCCc1ccc([N+](=O)[O-])cc1.NCCN.NCCN.O=CCCCc1ccc([N+](=O)[O-])cc1.O=[N+]([O-])c1ccc(CCCC2=NCCN2)cc1.[C-]#[N+]C1(Nc2ccc(CCCc3nccn3C(=O)OC(C)(C)C)cc2)CCC1.[C-]#[N+]c1ccc(N2C(=O)C3(CCC3)N(c3ccc(CCCc4ncc[nH]4)cc3)C2=S)cc1C(F)(F)F. The number of aromatic amines is 1. The standard InChI is InChI=1S/C26H22F3N5OS.C22H28N4O2.C17H21N3O4.C12H15N3O2.C11H13NO4.C10H11NO3.2C2H8N2/c1-30-21-11-10-19(16-20(21)26(27,28)29)33-23(35)25(12-3-13-25)34(24(33)36)18-8-6-17(7-9-18)4-2-5-22-31-14-15-32-22;1-21(2,3)28-20(27)26-16-15-24-19(26)8-5-7-17-9-11-18(12-10-17)25-22(23-4)13-6-14-22;1-17(2,3)24-16(21)19-12-11-18-15(19)6-4-5-13-7-9-14(10-8-13)20(22)23;16-15(17)11-6-4-10(5-7-11)2-1-3-12-13-8-9-14-12;1-16-11(13)4-2-3-9-5-7-10(8-6-9)12(14)15;12-8-2-1-3-9-4-6-10(7-5-9)11(13)14;2*3-1-2-4/h6-11,14-16H,2-5,12-13H2,(H,31,32);9-12,15-16,25H,5-8,13-14H2,1-3H3;7-12H,4-6H2,1-3H3;4-7H,1-3,8-9H2,(H,13,14);5-8H,2-4H2,1H3;4-8H,1-3H2;2*1-4H2. The zero-order valence-electron chi connectivity index (χ0n) is 81.5. The molecule has 1 amide bonds. The van der Waals surface area contributed by atoms with Gasteiger partial charge < -0.3 is 62.5 Å². The second-order valence-corrected chi connectivity index (χ2v) is 35.7. The number of hydrogen-bond donors (Lipinski definition) is 7. The van der Waals surface area contributed by atoms with E-state index < -0.39 is 55.0 Å². The number of H-pyrrole nitrogens is 1. The molecule has 762 valence electrons. The number of amidine groups is 1. The minimum Gasteiger partial charge on any atom is -0.469 e. The Kier molecular flexibility index (Phi) is 46.4. The van der Waals surface area contributed by atoms with Gasteiger partial charge in [-0.05, 0) is 226 Å². The van der Waals surface area contributed by atoms with E-state index in [4.69, 9.17) is 57.8 Å². The number of benzene rings is 7. The number of thiocarbonyl (C=S) groups is 1. The zero-order valence-corrected chi connectivity index (χ0v) is 82.3. The number of esters is 1. The molecule has 2 saturated carbocycles. The van der Waals surface area contributed by atoms with Gasteiger partial charge in [0.2, 0.25) is 0 Å². The maximum atomic E-state index is 13.6. The summed E-state index contributed by atoms with van der Waals surface area (Å²) in [6, 6.07) is 45.4. The number of nitro benzene ring substituents is 4. The van der Waals surface area contributed by atoms with E-state index in [1.165, 1.54) is 69.2 Å². The Morgan fingerprint density at radius 2 is 0.951 bits per heavy atom. The molecular weight excluding hydrogens is 1860 g/mol. The first-order chi connectivity index (χ1) is 68.3. The van der Waals surface area contributed by atoms with E-state index >= 15 is 0 Å². The Balaban J connectivity index is 0.000000236. The number of aryl methyl sites for hydroxylation is 9. The summed E-state index contributed by atoms with van der Waals surface area (Å²) in [4.78, 5) is 129. The molecule has 2 aliphatic carbocycles. The summed E-state index contributed by atoms with van der Waals surface area (Å²) in [6.45, 7) is 29.7. The van der Waals surface area contributed by atoms with Crippen LogP contribution in [-0.2, 0) is 92.6 Å². The molecule has 14 rings (SSSR count). The van der Waals surface area contributed by atoms with Crippen molar-refractivity contribution >= 4 is 99.0 Å². The quantitative estimate of drug-likeness (QED) is 0.00288. The first-order valence-corrected chi connectivity index (χ1v) is 47.3. The fraction of sp³-hybridized carbons (Fsp3) is 0.412. The van der Waals surface area contributed by atoms with Crippen LogP contribution in [0.3, 0.4) is 0 Å². The number of aromatic nitrogens is 6. The summed E-state index contributed by atoms with van der Waals surface area (Å²) >= 11 is 5.68. The molecule has 143 heavy (non-hydrogen) atoms. The van der Waals surface area contributed by atoms with Crippen molar-refractivity contribution in [2.24, 2.45) is 27.9 Å². The van der Waals surface area contributed by atoms with Gasteiger partial charge in [-0.2, -0.15) is 13.2 Å². The first-order valence-electron chi connectivity index (χ1n) is 46.9. The van der Waals surface area contributed by atoms with Crippen molar-refractivity contribution in [1.29, 1.82) is 0 Å². The number of nitrogens with two attached hydrogens (primary N) is 4. The van der Waals surface area contributed by atoms with Crippen molar-refractivity contribution in [1.82, 2.24) is 34.4 Å². The average Bonchev–Trinajstić information content (AvgIpc) is 1.55. The van der Waals surface area contributed by atoms with Gasteiger partial charge in [0.25, 0.3) is 28.7 Å². The fourth-order valence-corrected chi connectivity index (χ4v) is 15.2. The van der Waals surface area contributed by atoms with Gasteiger partial charge in [0.1, 0.15) is 40.5 Å². The third-order valence-corrected chi connectivity index (χ3v) is 22.7. The summed E-state index contributed by atoms with van der Waals surface area (Å²) in [7, 11) is 1.36. The van der Waals surface area contributed by atoms with Gasteiger partial charge in [0.15, 0.2) is 10.8 Å². The number of nitro groups is 4. The highest BCUT2D eigenvalue weighted by molar-refractivity contribution is 7.81. The van der Waals surface area contributed by atoms with E-state index in [1.807, 2.05) is 90.1 Å².